The number of aromatic hydroxyl groups is 1. The molecule has 1 aliphatic rings. The molecule has 0 radical (unpaired) electrons. The summed E-state index contributed by atoms with van der Waals surface area (Å²) in [5.74, 6) is 1.55. The first-order valence-corrected chi connectivity index (χ1v) is 6.56. The van der Waals surface area contributed by atoms with E-state index in [9.17, 15) is 5.11 Å². The molecule has 0 saturated carbocycles. The van der Waals surface area contributed by atoms with E-state index >= 15 is 0 Å². The van der Waals surface area contributed by atoms with Crippen molar-refractivity contribution < 1.29 is 14.6 Å². The van der Waals surface area contributed by atoms with E-state index in [1.807, 2.05) is 31.3 Å². The van der Waals surface area contributed by atoms with Crippen LogP contribution in [0.5, 0.6) is 17.2 Å². The third-order valence-corrected chi connectivity index (χ3v) is 3.31. The van der Waals surface area contributed by atoms with Crippen LogP contribution in [0.1, 0.15) is 11.1 Å². The summed E-state index contributed by atoms with van der Waals surface area (Å²) in [4.78, 5) is 2.15. The predicted molar refractivity (Wildman–Crippen MR) is 75.8 cm³/mol. The maximum Gasteiger partial charge on any atom is 0.231 e. The van der Waals surface area contributed by atoms with E-state index in [4.69, 9.17) is 9.47 Å². The minimum Gasteiger partial charge on any atom is -0.507 e. The number of rotatable bonds is 4. The average Bonchev–Trinajstić information content (AvgIpc) is 2.87. The number of benzene rings is 2. The van der Waals surface area contributed by atoms with Crippen molar-refractivity contribution in [3.63, 3.8) is 0 Å². The first-order chi connectivity index (χ1) is 9.72. The molecule has 0 amide bonds. The van der Waals surface area contributed by atoms with Crippen LogP contribution in [0, 0.1) is 0 Å². The van der Waals surface area contributed by atoms with Crippen LogP contribution in [-0.4, -0.2) is 23.8 Å². The molecular weight excluding hydrogens is 254 g/mol. The van der Waals surface area contributed by atoms with Crippen molar-refractivity contribution in [3.8, 4) is 17.2 Å². The van der Waals surface area contributed by atoms with Gasteiger partial charge in [-0.05, 0) is 18.7 Å². The standard InChI is InChI=1S/C16H17NO3/c1-17(9-12-5-3-2-4-6-12)10-13-7-15-16(8-14(13)18)20-11-19-15/h2-8,18H,9-11H2,1H3. The Morgan fingerprint density at radius 3 is 2.50 bits per heavy atom. The maximum atomic E-state index is 10.0. The number of nitrogens with zero attached hydrogens (tertiary/aromatic N) is 1. The fraction of sp³-hybridized carbons (Fsp3) is 0.250. The third kappa shape index (κ3) is 2.70. The van der Waals surface area contributed by atoms with Gasteiger partial charge in [0.2, 0.25) is 6.79 Å². The molecule has 0 atom stereocenters. The summed E-state index contributed by atoms with van der Waals surface area (Å²) in [6, 6.07) is 13.7. The molecule has 1 heterocycles. The Hall–Kier alpha value is -2.20. The number of hydrogen-bond donors (Lipinski definition) is 1. The first-order valence-electron chi connectivity index (χ1n) is 6.56. The van der Waals surface area contributed by atoms with Crippen LogP contribution >= 0.6 is 0 Å². The molecule has 2 aromatic rings. The van der Waals surface area contributed by atoms with Gasteiger partial charge in [-0.2, -0.15) is 0 Å². The summed E-state index contributed by atoms with van der Waals surface area (Å²) in [5.41, 5.74) is 2.09. The highest BCUT2D eigenvalue weighted by Crippen LogP contribution is 2.37. The maximum absolute atomic E-state index is 10.0. The van der Waals surface area contributed by atoms with Crippen LogP contribution in [0.4, 0.5) is 0 Å². The molecule has 2 aromatic carbocycles. The molecule has 0 aliphatic carbocycles. The molecule has 3 rings (SSSR count). The molecule has 20 heavy (non-hydrogen) atoms. The SMILES string of the molecule is CN(Cc1ccccc1)Cc1cc2c(cc1O)OCO2. The molecule has 104 valence electrons. The largest absolute Gasteiger partial charge is 0.507 e. The lowest BCUT2D eigenvalue weighted by atomic mass is 10.1. The van der Waals surface area contributed by atoms with Crippen molar-refractivity contribution in [2.45, 2.75) is 13.1 Å². The summed E-state index contributed by atoms with van der Waals surface area (Å²) in [7, 11) is 2.02. The lowest BCUT2D eigenvalue weighted by Crippen LogP contribution is -2.17. The van der Waals surface area contributed by atoms with E-state index in [0.29, 0.717) is 18.0 Å². The Morgan fingerprint density at radius 2 is 1.75 bits per heavy atom. The molecule has 0 unspecified atom stereocenters. The number of hydrogen-bond acceptors (Lipinski definition) is 4. The molecule has 0 spiro atoms. The lowest BCUT2D eigenvalue weighted by molar-refractivity contribution is 0.174. The Labute approximate surface area is 118 Å². The van der Waals surface area contributed by atoms with Gasteiger partial charge in [0.25, 0.3) is 0 Å². The van der Waals surface area contributed by atoms with E-state index in [0.717, 1.165) is 12.1 Å². The monoisotopic (exact) mass is 271 g/mol. The van der Waals surface area contributed by atoms with Gasteiger partial charge in [0.05, 0.1) is 0 Å². The van der Waals surface area contributed by atoms with Crippen molar-refractivity contribution in [3.05, 3.63) is 53.6 Å². The fourth-order valence-corrected chi connectivity index (χ4v) is 2.34. The molecule has 1 N–H and O–H groups in total. The topological polar surface area (TPSA) is 41.9 Å². The highest BCUT2D eigenvalue weighted by atomic mass is 16.7. The molecular formula is C16H17NO3. The van der Waals surface area contributed by atoms with Gasteiger partial charge in [0.1, 0.15) is 5.75 Å². The minimum atomic E-state index is 0.220. The van der Waals surface area contributed by atoms with Crippen molar-refractivity contribution in [2.24, 2.45) is 0 Å². The van der Waals surface area contributed by atoms with Gasteiger partial charge < -0.3 is 14.6 Å². The van der Waals surface area contributed by atoms with Gasteiger partial charge in [-0.25, -0.2) is 0 Å². The molecule has 0 bridgehead atoms. The second-order valence-corrected chi connectivity index (χ2v) is 4.99. The van der Waals surface area contributed by atoms with Gasteiger partial charge in [0.15, 0.2) is 11.5 Å². The molecule has 0 aromatic heterocycles. The average molecular weight is 271 g/mol. The quantitative estimate of drug-likeness (QED) is 0.928. The zero-order valence-electron chi connectivity index (χ0n) is 11.4. The van der Waals surface area contributed by atoms with Crippen LogP contribution in [0.2, 0.25) is 0 Å². The number of fused-ring (bicyclic) bond motifs is 1. The van der Waals surface area contributed by atoms with Gasteiger partial charge in [-0.1, -0.05) is 30.3 Å². The summed E-state index contributed by atoms with van der Waals surface area (Å²) in [5, 5.41) is 10.0. The number of phenols is 1. The highest BCUT2D eigenvalue weighted by Gasteiger charge is 2.17. The van der Waals surface area contributed by atoms with Crippen molar-refractivity contribution in [1.82, 2.24) is 4.90 Å². The summed E-state index contributed by atoms with van der Waals surface area (Å²) in [6.07, 6.45) is 0. The van der Waals surface area contributed by atoms with Gasteiger partial charge >= 0.3 is 0 Å². The Bertz CT molecular complexity index is 598. The molecule has 0 saturated heterocycles. The van der Waals surface area contributed by atoms with Crippen LogP contribution in [0.25, 0.3) is 0 Å². The molecule has 0 fully saturated rings. The summed E-state index contributed by atoms with van der Waals surface area (Å²) in [6.45, 7) is 1.70. The van der Waals surface area contributed by atoms with Crippen LogP contribution in [0.3, 0.4) is 0 Å². The molecule has 1 aliphatic heterocycles. The fourth-order valence-electron chi connectivity index (χ4n) is 2.34. The lowest BCUT2D eigenvalue weighted by Gasteiger charge is -2.17. The van der Waals surface area contributed by atoms with Crippen molar-refractivity contribution in [2.75, 3.05) is 13.8 Å². The molecule has 4 heteroatoms. The summed E-state index contributed by atoms with van der Waals surface area (Å²) >= 11 is 0. The smallest absolute Gasteiger partial charge is 0.231 e. The predicted octanol–water partition coefficient (Wildman–Crippen LogP) is 2.75. The summed E-state index contributed by atoms with van der Waals surface area (Å²) < 4.78 is 10.6. The van der Waals surface area contributed by atoms with Gasteiger partial charge in [0, 0.05) is 24.7 Å². The van der Waals surface area contributed by atoms with E-state index in [1.54, 1.807) is 6.07 Å². The second kappa shape index (κ2) is 5.43. The highest BCUT2D eigenvalue weighted by molar-refractivity contribution is 5.51. The van der Waals surface area contributed by atoms with Crippen LogP contribution < -0.4 is 9.47 Å². The zero-order valence-corrected chi connectivity index (χ0v) is 11.4. The van der Waals surface area contributed by atoms with E-state index in [1.165, 1.54) is 5.56 Å². The third-order valence-electron chi connectivity index (χ3n) is 3.31. The molecule has 4 nitrogen and oxygen atoms in total. The van der Waals surface area contributed by atoms with Gasteiger partial charge in [-0.15, -0.1) is 0 Å². The minimum absolute atomic E-state index is 0.220. The van der Waals surface area contributed by atoms with Crippen molar-refractivity contribution in [1.29, 1.82) is 0 Å². The zero-order chi connectivity index (χ0) is 13.9. The first kappa shape index (κ1) is 12.8. The number of ether oxygens (including phenoxy) is 2. The Morgan fingerprint density at radius 1 is 1.05 bits per heavy atom. The van der Waals surface area contributed by atoms with E-state index in [2.05, 4.69) is 17.0 Å². The van der Waals surface area contributed by atoms with Gasteiger partial charge in [-0.3, -0.25) is 4.90 Å². The van der Waals surface area contributed by atoms with Crippen LogP contribution in [-0.2, 0) is 13.1 Å². The number of phenolic OH excluding ortho intramolecular Hbond substituents is 1. The van der Waals surface area contributed by atoms with Crippen LogP contribution in [0.15, 0.2) is 42.5 Å². The van der Waals surface area contributed by atoms with E-state index in [-0.39, 0.29) is 12.5 Å². The second-order valence-electron chi connectivity index (χ2n) is 4.99. The van der Waals surface area contributed by atoms with Crippen molar-refractivity contribution >= 4 is 0 Å². The normalized spacial score (nSPS) is 12.9. The Balaban J connectivity index is 1.71. The van der Waals surface area contributed by atoms with E-state index < -0.39 is 0 Å². The Kier molecular flexibility index (Phi) is 3.48.